The standard InChI is InChI=1S/C26H38O5/c1-15-13-20-21(24(5)10-7-19(14-23(15)24)30-17(3)28)8-11-25(6)22(20)9-12-26(25,16(2)27)31-18(4)29/h19-22H,7-14H2,1-6H3/t19?,20?,21?,22?,24?,25?,26-/m0/s1. The van der Waals surface area contributed by atoms with Crippen molar-refractivity contribution in [2.75, 3.05) is 0 Å². The summed E-state index contributed by atoms with van der Waals surface area (Å²) in [4.78, 5) is 36.4. The van der Waals surface area contributed by atoms with Gasteiger partial charge in [0.1, 0.15) is 6.10 Å². The van der Waals surface area contributed by atoms with Crippen molar-refractivity contribution in [1.82, 2.24) is 0 Å². The Bertz CT molecular complexity index is 843. The van der Waals surface area contributed by atoms with E-state index in [9.17, 15) is 14.4 Å². The highest BCUT2D eigenvalue weighted by Gasteiger charge is 2.67. The maximum atomic E-state index is 12.9. The average molecular weight is 431 g/mol. The molecule has 0 radical (unpaired) electrons. The minimum atomic E-state index is -0.972. The Morgan fingerprint density at radius 2 is 1.55 bits per heavy atom. The summed E-state index contributed by atoms with van der Waals surface area (Å²) in [5.41, 5.74) is 1.81. The quantitative estimate of drug-likeness (QED) is 0.457. The Morgan fingerprint density at radius 1 is 0.871 bits per heavy atom. The Hall–Kier alpha value is -1.65. The van der Waals surface area contributed by atoms with Gasteiger partial charge in [-0.3, -0.25) is 14.4 Å². The molecule has 0 aromatic rings. The second-order valence-electron chi connectivity index (χ2n) is 11.2. The lowest BCUT2D eigenvalue weighted by atomic mass is 9.46. The van der Waals surface area contributed by atoms with E-state index in [1.54, 1.807) is 6.92 Å². The highest BCUT2D eigenvalue weighted by atomic mass is 16.6. The Kier molecular flexibility index (Phi) is 5.42. The van der Waals surface area contributed by atoms with Crippen molar-refractivity contribution < 1.29 is 23.9 Å². The maximum Gasteiger partial charge on any atom is 0.303 e. The van der Waals surface area contributed by atoms with Gasteiger partial charge in [-0.2, -0.15) is 0 Å². The first-order valence-corrected chi connectivity index (χ1v) is 12.0. The molecule has 0 bridgehead atoms. The van der Waals surface area contributed by atoms with E-state index in [1.807, 2.05) is 0 Å². The maximum absolute atomic E-state index is 12.9. The lowest BCUT2D eigenvalue weighted by Gasteiger charge is -2.59. The fourth-order valence-corrected chi connectivity index (χ4v) is 8.48. The monoisotopic (exact) mass is 430 g/mol. The van der Waals surface area contributed by atoms with Gasteiger partial charge in [-0.25, -0.2) is 0 Å². The van der Waals surface area contributed by atoms with Crippen molar-refractivity contribution in [2.45, 2.75) is 105 Å². The van der Waals surface area contributed by atoms with Crippen LogP contribution in [0.15, 0.2) is 11.1 Å². The first-order valence-electron chi connectivity index (χ1n) is 12.0. The number of hydrogen-bond donors (Lipinski definition) is 0. The zero-order chi connectivity index (χ0) is 22.8. The van der Waals surface area contributed by atoms with Crippen LogP contribution in [0.2, 0.25) is 0 Å². The van der Waals surface area contributed by atoms with Crippen molar-refractivity contribution >= 4 is 17.7 Å². The van der Waals surface area contributed by atoms with Gasteiger partial charge in [0.05, 0.1) is 0 Å². The van der Waals surface area contributed by atoms with Gasteiger partial charge in [0, 0.05) is 25.7 Å². The van der Waals surface area contributed by atoms with E-state index in [1.165, 1.54) is 25.0 Å². The van der Waals surface area contributed by atoms with Crippen LogP contribution >= 0.6 is 0 Å². The molecule has 4 aliphatic rings. The molecule has 31 heavy (non-hydrogen) atoms. The summed E-state index contributed by atoms with van der Waals surface area (Å²) in [5.74, 6) is 0.928. The Morgan fingerprint density at radius 3 is 2.16 bits per heavy atom. The number of allylic oxidation sites excluding steroid dienone is 1. The predicted octanol–water partition coefficient (Wildman–Crippen LogP) is 5.16. The molecule has 5 nitrogen and oxygen atoms in total. The zero-order valence-corrected chi connectivity index (χ0v) is 20.0. The lowest BCUT2D eigenvalue weighted by molar-refractivity contribution is -0.187. The van der Waals surface area contributed by atoms with Gasteiger partial charge in [-0.1, -0.05) is 25.0 Å². The van der Waals surface area contributed by atoms with Crippen LogP contribution in [0, 0.1) is 28.6 Å². The lowest BCUT2D eigenvalue weighted by Crippen LogP contribution is -2.58. The molecule has 0 N–H and O–H groups in total. The van der Waals surface area contributed by atoms with Gasteiger partial charge in [-0.05, 0) is 82.0 Å². The summed E-state index contributed by atoms with van der Waals surface area (Å²) in [6.07, 6.45) is 7.43. The van der Waals surface area contributed by atoms with Crippen LogP contribution in [0.1, 0.15) is 92.9 Å². The molecular weight excluding hydrogens is 392 g/mol. The summed E-state index contributed by atoms with van der Waals surface area (Å²) < 4.78 is 11.5. The van der Waals surface area contributed by atoms with E-state index < -0.39 is 5.60 Å². The van der Waals surface area contributed by atoms with Crippen LogP contribution in [-0.4, -0.2) is 29.4 Å². The average Bonchev–Trinajstić information content (AvgIpc) is 2.96. The second kappa shape index (κ2) is 7.45. The molecule has 4 aliphatic carbocycles. The van der Waals surface area contributed by atoms with E-state index in [0.717, 1.165) is 44.9 Å². The van der Waals surface area contributed by atoms with Gasteiger partial charge in [0.25, 0.3) is 0 Å². The molecule has 0 heterocycles. The minimum absolute atomic E-state index is 0.00161. The molecule has 0 aliphatic heterocycles. The SMILES string of the molecule is CC(=O)OC1CCC2(C)C(=C(C)CC3C2CCC2(C)C3CC[C@]2(OC(C)=O)C(C)=O)C1. The second-order valence-corrected chi connectivity index (χ2v) is 11.2. The molecule has 4 rings (SSSR count). The predicted molar refractivity (Wildman–Crippen MR) is 117 cm³/mol. The van der Waals surface area contributed by atoms with E-state index in [0.29, 0.717) is 24.2 Å². The third kappa shape index (κ3) is 3.21. The third-order valence-corrected chi connectivity index (χ3v) is 9.76. The number of carbonyl (C=O) groups is 3. The Balaban J connectivity index is 1.68. The van der Waals surface area contributed by atoms with Gasteiger partial charge < -0.3 is 9.47 Å². The van der Waals surface area contributed by atoms with Crippen molar-refractivity contribution in [1.29, 1.82) is 0 Å². The fraction of sp³-hybridized carbons (Fsp3) is 0.808. The number of ether oxygens (including phenoxy) is 2. The molecule has 0 aromatic heterocycles. The van der Waals surface area contributed by atoms with Crippen molar-refractivity contribution in [3.05, 3.63) is 11.1 Å². The number of esters is 2. The van der Waals surface area contributed by atoms with Crippen LogP contribution in [0.5, 0.6) is 0 Å². The van der Waals surface area contributed by atoms with E-state index in [-0.39, 0.29) is 34.7 Å². The van der Waals surface area contributed by atoms with Crippen LogP contribution < -0.4 is 0 Å². The van der Waals surface area contributed by atoms with E-state index in [4.69, 9.17) is 9.47 Å². The fourth-order valence-electron chi connectivity index (χ4n) is 8.48. The number of hydrogen-bond acceptors (Lipinski definition) is 5. The normalized spacial score (nSPS) is 44.1. The Labute approximate surface area is 186 Å². The van der Waals surface area contributed by atoms with Crippen LogP contribution in [0.3, 0.4) is 0 Å². The van der Waals surface area contributed by atoms with Gasteiger partial charge in [0.15, 0.2) is 11.4 Å². The van der Waals surface area contributed by atoms with Crippen molar-refractivity contribution in [2.24, 2.45) is 28.6 Å². The number of carbonyl (C=O) groups excluding carboxylic acids is 3. The largest absolute Gasteiger partial charge is 0.462 e. The molecule has 5 heteroatoms. The molecule has 6 unspecified atom stereocenters. The number of rotatable bonds is 3. The van der Waals surface area contributed by atoms with Crippen LogP contribution in [0.25, 0.3) is 0 Å². The van der Waals surface area contributed by atoms with Crippen LogP contribution in [-0.2, 0) is 23.9 Å². The molecule has 0 aromatic carbocycles. The summed E-state index contributed by atoms with van der Waals surface area (Å²) >= 11 is 0. The highest BCUT2D eigenvalue weighted by Crippen LogP contribution is 2.68. The summed E-state index contributed by atoms with van der Waals surface area (Å²) in [7, 11) is 0. The van der Waals surface area contributed by atoms with E-state index >= 15 is 0 Å². The highest BCUT2D eigenvalue weighted by molar-refractivity contribution is 5.89. The molecule has 172 valence electrons. The van der Waals surface area contributed by atoms with Gasteiger partial charge in [0.2, 0.25) is 0 Å². The third-order valence-electron chi connectivity index (χ3n) is 9.76. The number of ketones is 1. The smallest absolute Gasteiger partial charge is 0.303 e. The molecule has 3 fully saturated rings. The number of Topliss-reactive ketones (excluding diaryl/α,β-unsaturated/α-hetero) is 1. The van der Waals surface area contributed by atoms with Crippen LogP contribution in [0.4, 0.5) is 0 Å². The molecule has 0 amide bonds. The topological polar surface area (TPSA) is 69.7 Å². The number of fused-ring (bicyclic) bond motifs is 5. The first-order chi connectivity index (χ1) is 14.4. The van der Waals surface area contributed by atoms with Crippen molar-refractivity contribution in [3.63, 3.8) is 0 Å². The van der Waals surface area contributed by atoms with Gasteiger partial charge in [-0.15, -0.1) is 0 Å². The summed E-state index contributed by atoms with van der Waals surface area (Å²) in [6, 6.07) is 0. The molecule has 3 saturated carbocycles. The van der Waals surface area contributed by atoms with Gasteiger partial charge >= 0.3 is 11.9 Å². The summed E-state index contributed by atoms with van der Waals surface area (Å²) in [6.45, 7) is 11.4. The molecule has 7 atom stereocenters. The summed E-state index contributed by atoms with van der Waals surface area (Å²) in [5, 5.41) is 0. The molecule has 0 spiro atoms. The molecular formula is C26H38O5. The van der Waals surface area contributed by atoms with Crippen molar-refractivity contribution in [3.8, 4) is 0 Å². The molecule has 0 saturated heterocycles. The van der Waals surface area contributed by atoms with E-state index in [2.05, 4.69) is 20.8 Å². The zero-order valence-electron chi connectivity index (χ0n) is 20.0. The minimum Gasteiger partial charge on any atom is -0.462 e. The first kappa shape index (κ1) is 22.5.